The second kappa shape index (κ2) is 5.79. The van der Waals surface area contributed by atoms with Crippen LogP contribution in [0.1, 0.15) is 36.9 Å². The summed E-state index contributed by atoms with van der Waals surface area (Å²) in [4.78, 5) is 11.3. The summed E-state index contributed by atoms with van der Waals surface area (Å²) in [6, 6.07) is 7.13. The molecule has 1 aromatic heterocycles. The van der Waals surface area contributed by atoms with Crippen molar-refractivity contribution in [3.8, 4) is 0 Å². The third-order valence-electron chi connectivity index (χ3n) is 3.53. The van der Waals surface area contributed by atoms with Crippen molar-refractivity contribution >= 4 is 27.7 Å². The molecule has 0 aliphatic rings. The number of rotatable bonds is 5. The van der Waals surface area contributed by atoms with Crippen molar-refractivity contribution < 1.29 is 18.5 Å². The lowest BCUT2D eigenvalue weighted by atomic mass is 10.1. The van der Waals surface area contributed by atoms with Gasteiger partial charge in [-0.05, 0) is 12.0 Å². The highest BCUT2D eigenvalue weighted by Crippen LogP contribution is 2.28. The predicted molar refractivity (Wildman–Crippen MR) is 79.3 cm³/mol. The average Bonchev–Trinajstić information content (AvgIpc) is 2.77. The summed E-state index contributed by atoms with van der Waals surface area (Å²) in [5.74, 6) is -0.735. The molecule has 0 aliphatic heterocycles. The zero-order valence-corrected chi connectivity index (χ0v) is 12.6. The number of benzene rings is 1. The Morgan fingerprint density at radius 3 is 2.55 bits per heavy atom. The minimum Gasteiger partial charge on any atom is -0.475 e. The first-order chi connectivity index (χ1) is 9.41. The van der Waals surface area contributed by atoms with E-state index in [1.54, 1.807) is 18.2 Å². The first kappa shape index (κ1) is 14.8. The van der Waals surface area contributed by atoms with Crippen LogP contribution < -0.4 is 0 Å². The normalized spacial score (nSPS) is 14.6. The third kappa shape index (κ3) is 2.77. The summed E-state index contributed by atoms with van der Waals surface area (Å²) in [6.07, 6.45) is 0. The minimum absolute atomic E-state index is 0.00491. The lowest BCUT2D eigenvalue weighted by Gasteiger charge is -2.14. The Kier molecular flexibility index (Phi) is 4.28. The van der Waals surface area contributed by atoms with Gasteiger partial charge in [0.05, 0.1) is 5.75 Å². The van der Waals surface area contributed by atoms with E-state index in [0.717, 1.165) is 5.39 Å². The van der Waals surface area contributed by atoms with E-state index in [2.05, 4.69) is 0 Å². The molecule has 1 aromatic carbocycles. The van der Waals surface area contributed by atoms with Crippen LogP contribution in [0.15, 0.2) is 28.7 Å². The van der Waals surface area contributed by atoms with E-state index in [4.69, 9.17) is 4.42 Å². The van der Waals surface area contributed by atoms with E-state index in [1.807, 2.05) is 26.8 Å². The lowest BCUT2D eigenvalue weighted by Crippen LogP contribution is -2.19. The van der Waals surface area contributed by atoms with Crippen molar-refractivity contribution in [2.75, 3.05) is 0 Å². The summed E-state index contributed by atoms with van der Waals surface area (Å²) < 4.78 is 17.7. The fraction of sp³-hybridized carbons (Fsp3) is 0.400. The smallest absolute Gasteiger partial charge is 0.372 e. The molecule has 108 valence electrons. The Morgan fingerprint density at radius 2 is 1.95 bits per heavy atom. The van der Waals surface area contributed by atoms with Gasteiger partial charge in [-0.1, -0.05) is 39.0 Å². The number of hydrogen-bond donors (Lipinski definition) is 1. The van der Waals surface area contributed by atoms with Gasteiger partial charge in [-0.25, -0.2) is 4.79 Å². The Labute approximate surface area is 120 Å². The molecular weight excluding hydrogens is 276 g/mol. The lowest BCUT2D eigenvalue weighted by molar-refractivity contribution is 0.0664. The Morgan fingerprint density at radius 1 is 1.30 bits per heavy atom. The van der Waals surface area contributed by atoms with Crippen molar-refractivity contribution in [2.24, 2.45) is 5.92 Å². The SMILES string of the molecule is CC(C)C(C)S(=O)Cc1c(C(=O)O)oc2ccccc12. The van der Waals surface area contributed by atoms with Gasteiger partial charge in [0.25, 0.3) is 0 Å². The second-order valence-corrected chi connectivity index (χ2v) is 6.98. The molecule has 0 saturated carbocycles. The van der Waals surface area contributed by atoms with E-state index in [1.165, 1.54) is 0 Å². The standard InChI is InChI=1S/C15H18O4S/c1-9(2)10(3)20(18)8-12-11-6-4-5-7-13(11)19-14(12)15(16)17/h4-7,9-10H,8H2,1-3H3,(H,16,17). The maximum Gasteiger partial charge on any atom is 0.372 e. The van der Waals surface area contributed by atoms with Gasteiger partial charge in [-0.15, -0.1) is 0 Å². The van der Waals surface area contributed by atoms with Crippen molar-refractivity contribution in [3.63, 3.8) is 0 Å². The molecule has 20 heavy (non-hydrogen) atoms. The molecule has 0 saturated heterocycles. The topological polar surface area (TPSA) is 67.5 Å². The molecule has 0 aliphatic carbocycles. The van der Waals surface area contributed by atoms with E-state index in [0.29, 0.717) is 11.1 Å². The number of carbonyl (C=O) groups is 1. The van der Waals surface area contributed by atoms with E-state index < -0.39 is 16.8 Å². The first-order valence-electron chi connectivity index (χ1n) is 6.52. The Hall–Kier alpha value is -1.62. The van der Waals surface area contributed by atoms with Crippen LogP contribution >= 0.6 is 0 Å². The van der Waals surface area contributed by atoms with Crippen LogP contribution in [0, 0.1) is 5.92 Å². The van der Waals surface area contributed by atoms with Crippen molar-refractivity contribution in [2.45, 2.75) is 31.8 Å². The number of furan rings is 1. The van der Waals surface area contributed by atoms with Crippen molar-refractivity contribution in [1.82, 2.24) is 0 Å². The van der Waals surface area contributed by atoms with Gasteiger partial charge in [0.2, 0.25) is 5.76 Å². The second-order valence-electron chi connectivity index (χ2n) is 5.19. The summed E-state index contributed by atoms with van der Waals surface area (Å²) in [7, 11) is -1.13. The summed E-state index contributed by atoms with van der Waals surface area (Å²) in [5, 5.41) is 9.97. The third-order valence-corrected chi connectivity index (χ3v) is 5.48. The predicted octanol–water partition coefficient (Wildman–Crippen LogP) is 3.42. The van der Waals surface area contributed by atoms with Gasteiger partial charge >= 0.3 is 5.97 Å². The molecule has 0 radical (unpaired) electrons. The number of carboxylic acids is 1. The summed E-state index contributed by atoms with van der Waals surface area (Å²) in [6.45, 7) is 5.94. The molecular formula is C15H18O4S. The molecule has 2 atom stereocenters. The highest BCUT2D eigenvalue weighted by molar-refractivity contribution is 7.84. The molecule has 2 rings (SSSR count). The Bertz CT molecular complexity index is 657. The zero-order chi connectivity index (χ0) is 14.9. The van der Waals surface area contributed by atoms with Gasteiger partial charge in [0.1, 0.15) is 5.58 Å². The van der Waals surface area contributed by atoms with Crippen LogP contribution in [-0.4, -0.2) is 20.5 Å². The fourth-order valence-corrected chi connectivity index (χ4v) is 3.43. The summed E-state index contributed by atoms with van der Waals surface area (Å²) >= 11 is 0. The van der Waals surface area contributed by atoms with Gasteiger partial charge < -0.3 is 9.52 Å². The maximum atomic E-state index is 12.3. The molecule has 2 unspecified atom stereocenters. The zero-order valence-electron chi connectivity index (χ0n) is 11.8. The maximum absolute atomic E-state index is 12.3. The van der Waals surface area contributed by atoms with E-state index in [-0.39, 0.29) is 22.7 Å². The quantitative estimate of drug-likeness (QED) is 0.917. The summed E-state index contributed by atoms with van der Waals surface area (Å²) in [5.41, 5.74) is 1.05. The van der Waals surface area contributed by atoms with Gasteiger partial charge in [-0.3, -0.25) is 4.21 Å². The number of para-hydroxylation sites is 1. The van der Waals surface area contributed by atoms with Crippen LogP contribution in [0.4, 0.5) is 0 Å². The Balaban J connectivity index is 2.44. The fourth-order valence-electron chi connectivity index (χ4n) is 1.99. The van der Waals surface area contributed by atoms with Gasteiger partial charge in [-0.2, -0.15) is 0 Å². The molecule has 0 spiro atoms. The van der Waals surface area contributed by atoms with Crippen LogP contribution in [0.3, 0.4) is 0 Å². The number of hydrogen-bond acceptors (Lipinski definition) is 3. The molecule has 4 nitrogen and oxygen atoms in total. The molecule has 1 heterocycles. The average molecular weight is 294 g/mol. The molecule has 0 bridgehead atoms. The minimum atomic E-state index is -1.13. The number of aromatic carboxylic acids is 1. The van der Waals surface area contributed by atoms with Crippen LogP contribution in [0.2, 0.25) is 0 Å². The number of carboxylic acid groups (broad SMARTS) is 1. The largest absolute Gasteiger partial charge is 0.475 e. The van der Waals surface area contributed by atoms with Crippen molar-refractivity contribution in [1.29, 1.82) is 0 Å². The van der Waals surface area contributed by atoms with Gasteiger partial charge in [0, 0.05) is 27.0 Å². The van der Waals surface area contributed by atoms with E-state index >= 15 is 0 Å². The monoisotopic (exact) mass is 294 g/mol. The van der Waals surface area contributed by atoms with E-state index in [9.17, 15) is 14.1 Å². The molecule has 1 N–H and O–H groups in total. The highest BCUT2D eigenvalue weighted by atomic mass is 32.2. The molecule has 0 amide bonds. The molecule has 5 heteroatoms. The van der Waals surface area contributed by atoms with Crippen LogP contribution in [0.5, 0.6) is 0 Å². The number of fused-ring (bicyclic) bond motifs is 1. The van der Waals surface area contributed by atoms with Crippen LogP contribution in [-0.2, 0) is 16.6 Å². The first-order valence-corrected chi connectivity index (χ1v) is 7.91. The molecule has 2 aromatic rings. The van der Waals surface area contributed by atoms with Gasteiger partial charge in [0.15, 0.2) is 0 Å². The van der Waals surface area contributed by atoms with Crippen LogP contribution in [0.25, 0.3) is 11.0 Å². The molecule has 0 fully saturated rings. The van der Waals surface area contributed by atoms with Crippen molar-refractivity contribution in [3.05, 3.63) is 35.6 Å². The highest BCUT2D eigenvalue weighted by Gasteiger charge is 2.24.